The minimum atomic E-state index is -0.186. The average molecular weight is 241 g/mol. The van der Waals surface area contributed by atoms with Crippen molar-refractivity contribution in [3.63, 3.8) is 0 Å². The van der Waals surface area contributed by atoms with Gasteiger partial charge in [0.05, 0.1) is 32.8 Å². The number of ether oxygens (including phenoxy) is 2. The summed E-state index contributed by atoms with van der Waals surface area (Å²) in [5, 5.41) is 3.39. The summed E-state index contributed by atoms with van der Waals surface area (Å²) >= 11 is 1.65. The molecule has 0 radical (unpaired) electrons. The number of hydrogen-bond donors (Lipinski definition) is 1. The van der Waals surface area contributed by atoms with Crippen LogP contribution in [0.3, 0.4) is 0 Å². The highest BCUT2D eigenvalue weighted by Gasteiger charge is 2.17. The van der Waals surface area contributed by atoms with Crippen LogP contribution in [0.1, 0.15) is 9.75 Å². The van der Waals surface area contributed by atoms with Gasteiger partial charge in [-0.3, -0.25) is 4.79 Å². The molecule has 2 heterocycles. The highest BCUT2D eigenvalue weighted by molar-refractivity contribution is 7.12. The maximum absolute atomic E-state index is 11.1. The van der Waals surface area contributed by atoms with Crippen LogP contribution in [0.4, 0.5) is 0 Å². The summed E-state index contributed by atoms with van der Waals surface area (Å²) in [6, 6.07) is 4.52. The molecule has 1 aromatic heterocycles. The maximum Gasteiger partial charge on any atom is 0.310 e. The van der Waals surface area contributed by atoms with E-state index in [1.165, 1.54) is 12.0 Å². The number of hydrogen-bond acceptors (Lipinski definition) is 5. The monoisotopic (exact) mass is 241 g/mol. The molecular weight excluding hydrogens is 226 g/mol. The lowest BCUT2D eigenvalue weighted by Gasteiger charge is -2.26. The van der Waals surface area contributed by atoms with Gasteiger partial charge in [0.1, 0.15) is 0 Å². The molecule has 16 heavy (non-hydrogen) atoms. The molecule has 4 nitrogen and oxygen atoms in total. The van der Waals surface area contributed by atoms with Crippen molar-refractivity contribution in [2.45, 2.75) is 19.0 Å². The van der Waals surface area contributed by atoms with E-state index in [1.807, 2.05) is 6.07 Å². The summed E-state index contributed by atoms with van der Waals surface area (Å²) in [5.41, 5.74) is 0. The summed E-state index contributed by atoms with van der Waals surface area (Å²) < 4.78 is 9.70. The molecule has 0 aromatic carbocycles. The SMILES string of the molecule is COC(=O)Cc1ccc(CNC2COC2)s1. The van der Waals surface area contributed by atoms with Gasteiger partial charge in [-0.05, 0) is 12.1 Å². The highest BCUT2D eigenvalue weighted by Crippen LogP contribution is 2.17. The van der Waals surface area contributed by atoms with E-state index in [9.17, 15) is 4.79 Å². The maximum atomic E-state index is 11.1. The van der Waals surface area contributed by atoms with Crippen LogP contribution in [0.15, 0.2) is 12.1 Å². The quantitative estimate of drug-likeness (QED) is 0.780. The average Bonchev–Trinajstić information content (AvgIpc) is 2.63. The molecule has 5 heteroatoms. The van der Waals surface area contributed by atoms with E-state index in [0.29, 0.717) is 12.5 Å². The van der Waals surface area contributed by atoms with E-state index >= 15 is 0 Å². The Labute approximate surface area is 98.6 Å². The zero-order valence-electron chi connectivity index (χ0n) is 9.19. The van der Waals surface area contributed by atoms with Gasteiger partial charge < -0.3 is 14.8 Å². The fourth-order valence-electron chi connectivity index (χ4n) is 1.43. The molecule has 0 spiro atoms. The molecule has 1 N–H and O–H groups in total. The van der Waals surface area contributed by atoms with Gasteiger partial charge >= 0.3 is 5.97 Å². The van der Waals surface area contributed by atoms with Crippen LogP contribution >= 0.6 is 11.3 Å². The van der Waals surface area contributed by atoms with E-state index in [1.54, 1.807) is 11.3 Å². The van der Waals surface area contributed by atoms with E-state index in [0.717, 1.165) is 24.6 Å². The number of methoxy groups -OCH3 is 1. The van der Waals surface area contributed by atoms with Crippen molar-refractivity contribution in [1.29, 1.82) is 0 Å². The first-order chi connectivity index (χ1) is 7.78. The largest absolute Gasteiger partial charge is 0.469 e. The van der Waals surface area contributed by atoms with Crippen LogP contribution in [0.25, 0.3) is 0 Å². The molecule has 1 aliphatic heterocycles. The fourth-order valence-corrected chi connectivity index (χ4v) is 2.38. The van der Waals surface area contributed by atoms with Crippen LogP contribution in [-0.4, -0.2) is 32.3 Å². The van der Waals surface area contributed by atoms with Gasteiger partial charge in [-0.1, -0.05) is 0 Å². The summed E-state index contributed by atoms with van der Waals surface area (Å²) in [6.07, 6.45) is 0.369. The Hall–Kier alpha value is -0.910. The Morgan fingerprint density at radius 2 is 2.31 bits per heavy atom. The van der Waals surface area contributed by atoms with Gasteiger partial charge in [0.25, 0.3) is 0 Å². The predicted molar refractivity (Wildman–Crippen MR) is 61.5 cm³/mol. The van der Waals surface area contributed by atoms with Crippen LogP contribution in [0.5, 0.6) is 0 Å². The molecule has 0 unspecified atom stereocenters. The first-order valence-corrected chi connectivity index (χ1v) is 6.05. The highest BCUT2D eigenvalue weighted by atomic mass is 32.1. The zero-order chi connectivity index (χ0) is 11.4. The van der Waals surface area contributed by atoms with Gasteiger partial charge in [-0.15, -0.1) is 11.3 Å². The third kappa shape index (κ3) is 3.04. The topological polar surface area (TPSA) is 47.6 Å². The second-order valence-electron chi connectivity index (χ2n) is 3.74. The van der Waals surface area contributed by atoms with Gasteiger partial charge in [0, 0.05) is 16.3 Å². The molecule has 88 valence electrons. The summed E-state index contributed by atoms with van der Waals surface area (Å²) in [7, 11) is 1.41. The van der Waals surface area contributed by atoms with E-state index < -0.39 is 0 Å². The number of thiophene rings is 1. The Bertz CT molecular complexity index is 360. The number of carbonyl (C=O) groups excluding carboxylic acids is 1. The molecule has 1 fully saturated rings. The minimum Gasteiger partial charge on any atom is -0.469 e. The van der Waals surface area contributed by atoms with E-state index in [-0.39, 0.29) is 5.97 Å². The number of esters is 1. The van der Waals surface area contributed by atoms with Gasteiger partial charge in [-0.2, -0.15) is 0 Å². The second kappa shape index (κ2) is 5.43. The number of carbonyl (C=O) groups is 1. The summed E-state index contributed by atoms with van der Waals surface area (Å²) in [5.74, 6) is -0.186. The third-order valence-corrected chi connectivity index (χ3v) is 3.55. The van der Waals surface area contributed by atoms with Crippen molar-refractivity contribution in [2.24, 2.45) is 0 Å². The van der Waals surface area contributed by atoms with Crippen molar-refractivity contribution in [3.8, 4) is 0 Å². The third-order valence-electron chi connectivity index (χ3n) is 2.47. The van der Waals surface area contributed by atoms with Crippen LogP contribution in [-0.2, 0) is 27.2 Å². The summed E-state index contributed by atoms with van der Waals surface area (Å²) in [4.78, 5) is 13.4. The van der Waals surface area contributed by atoms with Crippen LogP contribution in [0, 0.1) is 0 Å². The molecule has 0 bridgehead atoms. The molecule has 1 aromatic rings. The predicted octanol–water partition coefficient (Wildman–Crippen LogP) is 0.952. The van der Waals surface area contributed by atoms with Gasteiger partial charge in [-0.25, -0.2) is 0 Å². The standard InChI is InChI=1S/C11H15NO3S/c1-14-11(13)4-9-2-3-10(16-9)5-12-8-6-15-7-8/h2-3,8,12H,4-7H2,1H3. The second-order valence-corrected chi connectivity index (χ2v) is 4.99. The van der Waals surface area contributed by atoms with E-state index in [4.69, 9.17) is 4.74 Å². The lowest BCUT2D eigenvalue weighted by Crippen LogP contribution is -2.45. The zero-order valence-corrected chi connectivity index (χ0v) is 10.0. The number of rotatable bonds is 5. The van der Waals surface area contributed by atoms with Crippen molar-refractivity contribution >= 4 is 17.3 Å². The molecule has 0 saturated carbocycles. The molecule has 2 rings (SSSR count). The molecular formula is C11H15NO3S. The lowest BCUT2D eigenvalue weighted by atomic mass is 10.2. The van der Waals surface area contributed by atoms with Gasteiger partial charge in [0.15, 0.2) is 0 Å². The van der Waals surface area contributed by atoms with Crippen molar-refractivity contribution in [3.05, 3.63) is 21.9 Å². The van der Waals surface area contributed by atoms with E-state index in [2.05, 4.69) is 16.1 Å². The first-order valence-electron chi connectivity index (χ1n) is 5.23. The Morgan fingerprint density at radius 3 is 2.94 bits per heavy atom. The number of nitrogens with one attached hydrogen (secondary N) is 1. The van der Waals surface area contributed by atoms with Crippen molar-refractivity contribution < 1.29 is 14.3 Å². The normalized spacial score (nSPS) is 15.8. The molecule has 1 saturated heterocycles. The minimum absolute atomic E-state index is 0.186. The smallest absolute Gasteiger partial charge is 0.310 e. The van der Waals surface area contributed by atoms with Crippen molar-refractivity contribution in [1.82, 2.24) is 5.32 Å². The Morgan fingerprint density at radius 1 is 1.56 bits per heavy atom. The van der Waals surface area contributed by atoms with Crippen LogP contribution in [0.2, 0.25) is 0 Å². The first kappa shape index (κ1) is 11.6. The lowest BCUT2D eigenvalue weighted by molar-refractivity contribution is -0.139. The summed E-state index contributed by atoms with van der Waals surface area (Å²) in [6.45, 7) is 2.46. The van der Waals surface area contributed by atoms with Gasteiger partial charge in [0.2, 0.25) is 0 Å². The van der Waals surface area contributed by atoms with Crippen molar-refractivity contribution in [2.75, 3.05) is 20.3 Å². The Kier molecular flexibility index (Phi) is 3.93. The molecule has 0 atom stereocenters. The fraction of sp³-hybridized carbons (Fsp3) is 0.545. The molecule has 0 aliphatic carbocycles. The van der Waals surface area contributed by atoms with Crippen LogP contribution < -0.4 is 5.32 Å². The molecule has 0 amide bonds. The Balaban J connectivity index is 1.79. The molecule has 1 aliphatic rings.